The molecule has 0 aromatic rings. The van der Waals surface area contributed by atoms with Gasteiger partial charge in [-0.2, -0.15) is 0 Å². The molecule has 0 bridgehead atoms. The van der Waals surface area contributed by atoms with Crippen LogP contribution in [-0.4, -0.2) is 28.7 Å². The molecular weight excluding hydrogens is 300 g/mol. The summed E-state index contributed by atoms with van der Waals surface area (Å²) in [6.07, 6.45) is 12.2. The molecule has 0 aromatic heterocycles. The molecule has 3 fully saturated rings. The second kappa shape index (κ2) is 5.40. The van der Waals surface area contributed by atoms with E-state index in [1.54, 1.807) is 6.08 Å². The maximum Gasteiger partial charge on any atom is 0.178 e. The molecule has 0 unspecified atom stereocenters. The fourth-order valence-electron chi connectivity index (χ4n) is 6.62. The molecule has 4 aliphatic carbocycles. The Kier molecular flexibility index (Phi) is 3.67. The second-order valence-electron chi connectivity index (χ2n) is 8.66. The van der Waals surface area contributed by atoms with Crippen molar-refractivity contribution in [2.24, 2.45) is 28.6 Å². The average Bonchev–Trinajstić information content (AvgIpc) is 2.84. The van der Waals surface area contributed by atoms with E-state index in [-0.39, 0.29) is 35.2 Å². The molecule has 3 heteroatoms. The van der Waals surface area contributed by atoms with Crippen LogP contribution in [0.1, 0.15) is 46.0 Å². The van der Waals surface area contributed by atoms with E-state index in [1.807, 2.05) is 12.2 Å². The summed E-state index contributed by atoms with van der Waals surface area (Å²) in [7, 11) is 0. The van der Waals surface area contributed by atoms with Crippen LogP contribution in [0.2, 0.25) is 0 Å². The van der Waals surface area contributed by atoms with Crippen molar-refractivity contribution in [3.8, 4) is 0 Å². The summed E-state index contributed by atoms with van der Waals surface area (Å²) >= 11 is 0. The fourth-order valence-corrected chi connectivity index (χ4v) is 6.62. The fraction of sp³-hybridized carbons (Fsp3) is 0.667. The highest BCUT2D eigenvalue weighted by molar-refractivity contribution is 6.01. The van der Waals surface area contributed by atoms with Gasteiger partial charge in [-0.3, -0.25) is 4.79 Å². The lowest BCUT2D eigenvalue weighted by Gasteiger charge is -2.58. The van der Waals surface area contributed by atoms with Crippen LogP contribution in [0.3, 0.4) is 0 Å². The lowest BCUT2D eigenvalue weighted by Crippen LogP contribution is -2.55. The van der Waals surface area contributed by atoms with Gasteiger partial charge >= 0.3 is 0 Å². The molecular formula is C21H28O3. The standard InChI is InChI=1S/C21H28O3/c1-20-9-7-15(23)11-14(20)3-5-16-17-6-4-13(8-10-22)21(17,2)12-18(24)19(16)20/h7-9,11,16-19,22,24H,3-6,10,12H2,1-2H3/b13-8-/t16-,17-,18-,19+,20+,21+/m1/s1. The highest BCUT2D eigenvalue weighted by Crippen LogP contribution is 2.65. The van der Waals surface area contributed by atoms with Crippen molar-refractivity contribution in [1.82, 2.24) is 0 Å². The van der Waals surface area contributed by atoms with E-state index in [0.29, 0.717) is 11.8 Å². The van der Waals surface area contributed by atoms with E-state index >= 15 is 0 Å². The van der Waals surface area contributed by atoms with Crippen molar-refractivity contribution in [2.75, 3.05) is 6.61 Å². The summed E-state index contributed by atoms with van der Waals surface area (Å²) in [5.41, 5.74) is 2.40. The van der Waals surface area contributed by atoms with E-state index in [4.69, 9.17) is 0 Å². The molecule has 6 atom stereocenters. The van der Waals surface area contributed by atoms with Gasteiger partial charge in [-0.1, -0.05) is 37.1 Å². The maximum atomic E-state index is 11.8. The molecule has 3 saturated carbocycles. The van der Waals surface area contributed by atoms with E-state index in [0.717, 1.165) is 32.1 Å². The van der Waals surface area contributed by atoms with Crippen molar-refractivity contribution < 1.29 is 15.0 Å². The van der Waals surface area contributed by atoms with E-state index in [2.05, 4.69) is 19.9 Å². The molecule has 0 radical (unpaired) electrons. The minimum absolute atomic E-state index is 0.0229. The van der Waals surface area contributed by atoms with Gasteiger partial charge in [0.15, 0.2) is 5.78 Å². The van der Waals surface area contributed by atoms with E-state index in [9.17, 15) is 15.0 Å². The van der Waals surface area contributed by atoms with Crippen molar-refractivity contribution in [1.29, 1.82) is 0 Å². The summed E-state index contributed by atoms with van der Waals surface area (Å²) < 4.78 is 0. The Balaban J connectivity index is 1.74. The first-order valence-electron chi connectivity index (χ1n) is 9.33. The second-order valence-corrected chi connectivity index (χ2v) is 8.66. The van der Waals surface area contributed by atoms with Gasteiger partial charge in [-0.05, 0) is 61.5 Å². The predicted molar refractivity (Wildman–Crippen MR) is 93.2 cm³/mol. The zero-order valence-electron chi connectivity index (χ0n) is 14.7. The van der Waals surface area contributed by atoms with Gasteiger partial charge in [-0.15, -0.1) is 0 Å². The molecule has 0 aromatic carbocycles. The highest BCUT2D eigenvalue weighted by Gasteiger charge is 2.60. The van der Waals surface area contributed by atoms with Gasteiger partial charge in [0, 0.05) is 11.3 Å². The van der Waals surface area contributed by atoms with E-state index in [1.165, 1.54) is 11.1 Å². The highest BCUT2D eigenvalue weighted by atomic mass is 16.3. The minimum atomic E-state index is -0.358. The van der Waals surface area contributed by atoms with Gasteiger partial charge in [0.1, 0.15) is 0 Å². The van der Waals surface area contributed by atoms with Crippen LogP contribution < -0.4 is 0 Å². The number of hydrogen-bond acceptors (Lipinski definition) is 3. The molecule has 130 valence electrons. The largest absolute Gasteiger partial charge is 0.393 e. The molecule has 0 aliphatic heterocycles. The molecule has 0 saturated heterocycles. The molecule has 4 aliphatic rings. The number of carbonyl (C=O) groups excluding carboxylic acids is 1. The van der Waals surface area contributed by atoms with Crippen molar-refractivity contribution in [2.45, 2.75) is 52.1 Å². The molecule has 3 nitrogen and oxygen atoms in total. The summed E-state index contributed by atoms with van der Waals surface area (Å²) in [6.45, 7) is 4.60. The normalized spacial score (nSPS) is 48.8. The third-order valence-electron chi connectivity index (χ3n) is 7.68. The van der Waals surface area contributed by atoms with Crippen LogP contribution in [0.25, 0.3) is 0 Å². The van der Waals surface area contributed by atoms with Gasteiger partial charge in [0.25, 0.3) is 0 Å². The summed E-state index contributed by atoms with van der Waals surface area (Å²) in [4.78, 5) is 11.8. The monoisotopic (exact) mass is 328 g/mol. The maximum absolute atomic E-state index is 11.8. The Morgan fingerprint density at radius 1 is 1.29 bits per heavy atom. The number of aliphatic hydroxyl groups excluding tert-OH is 2. The summed E-state index contributed by atoms with van der Waals surface area (Å²) in [5.74, 6) is 1.36. The lowest BCUT2D eigenvalue weighted by molar-refractivity contribution is -0.112. The van der Waals surface area contributed by atoms with E-state index < -0.39 is 0 Å². The first-order chi connectivity index (χ1) is 11.4. The number of fused-ring (bicyclic) bond motifs is 5. The molecule has 0 heterocycles. The Morgan fingerprint density at radius 3 is 2.83 bits per heavy atom. The topological polar surface area (TPSA) is 57.5 Å². The van der Waals surface area contributed by atoms with Crippen molar-refractivity contribution in [3.63, 3.8) is 0 Å². The molecule has 0 spiro atoms. The molecule has 2 N–H and O–H groups in total. The Labute approximate surface area is 144 Å². The number of hydrogen-bond donors (Lipinski definition) is 2. The Morgan fingerprint density at radius 2 is 2.08 bits per heavy atom. The molecule has 0 amide bonds. The Bertz CT molecular complexity index is 658. The zero-order valence-corrected chi connectivity index (χ0v) is 14.7. The number of carbonyl (C=O) groups is 1. The van der Waals surface area contributed by atoms with Crippen LogP contribution >= 0.6 is 0 Å². The zero-order chi connectivity index (χ0) is 17.1. The lowest BCUT2D eigenvalue weighted by atomic mass is 9.47. The first kappa shape index (κ1) is 16.3. The van der Waals surface area contributed by atoms with Gasteiger partial charge in [-0.25, -0.2) is 0 Å². The number of ketones is 1. The van der Waals surface area contributed by atoms with Crippen LogP contribution in [0.15, 0.2) is 35.5 Å². The average molecular weight is 328 g/mol. The summed E-state index contributed by atoms with van der Waals surface area (Å²) in [5, 5.41) is 20.5. The van der Waals surface area contributed by atoms with Gasteiger partial charge in [0.2, 0.25) is 0 Å². The van der Waals surface area contributed by atoms with Crippen LogP contribution in [0.4, 0.5) is 0 Å². The molecule has 24 heavy (non-hydrogen) atoms. The third kappa shape index (κ3) is 2.07. The van der Waals surface area contributed by atoms with Crippen LogP contribution in [0, 0.1) is 28.6 Å². The number of aliphatic hydroxyl groups is 2. The first-order valence-corrected chi connectivity index (χ1v) is 9.33. The number of rotatable bonds is 1. The smallest absolute Gasteiger partial charge is 0.178 e. The number of allylic oxidation sites excluding steroid dienone is 5. The Hall–Kier alpha value is -1.19. The third-order valence-corrected chi connectivity index (χ3v) is 7.68. The summed E-state index contributed by atoms with van der Waals surface area (Å²) in [6, 6.07) is 0. The van der Waals surface area contributed by atoms with Crippen LogP contribution in [-0.2, 0) is 4.79 Å². The molecule has 4 rings (SSSR count). The minimum Gasteiger partial charge on any atom is -0.393 e. The SMILES string of the molecule is C[C@]12C=CC(=O)C=C1CC[C@H]1[C@H]2[C@H](O)C[C@@]2(C)/C(=C\CO)CC[C@H]12. The van der Waals surface area contributed by atoms with Gasteiger partial charge < -0.3 is 10.2 Å². The quantitative estimate of drug-likeness (QED) is 0.727. The van der Waals surface area contributed by atoms with Crippen molar-refractivity contribution >= 4 is 5.78 Å². The predicted octanol–water partition coefficient (Wildman–Crippen LogP) is 3.18. The van der Waals surface area contributed by atoms with Crippen LogP contribution in [0.5, 0.6) is 0 Å². The van der Waals surface area contributed by atoms with Crippen molar-refractivity contribution in [3.05, 3.63) is 35.5 Å². The van der Waals surface area contributed by atoms with Gasteiger partial charge in [0.05, 0.1) is 12.7 Å².